The zero-order valence-electron chi connectivity index (χ0n) is 16.0. The van der Waals surface area contributed by atoms with Gasteiger partial charge in [0.2, 0.25) is 0 Å². The van der Waals surface area contributed by atoms with Crippen LogP contribution in [0.1, 0.15) is 33.3 Å². The summed E-state index contributed by atoms with van der Waals surface area (Å²) in [6.45, 7) is 8.57. The van der Waals surface area contributed by atoms with Crippen molar-refractivity contribution in [3.63, 3.8) is 0 Å². The van der Waals surface area contributed by atoms with Crippen LogP contribution in [0.2, 0.25) is 0 Å². The van der Waals surface area contributed by atoms with Crippen LogP contribution in [0, 0.1) is 0 Å². The predicted molar refractivity (Wildman–Crippen MR) is 98.6 cm³/mol. The Morgan fingerprint density at radius 2 is 1.85 bits per heavy atom. The van der Waals surface area contributed by atoms with Crippen LogP contribution in [0.3, 0.4) is 0 Å². The van der Waals surface area contributed by atoms with Crippen LogP contribution < -0.4 is 5.73 Å². The maximum atomic E-state index is 12.5. The number of benzene rings is 1. The first-order chi connectivity index (χ1) is 12.2. The Morgan fingerprint density at radius 1 is 1.19 bits per heavy atom. The summed E-state index contributed by atoms with van der Waals surface area (Å²) in [5.41, 5.74) is 6.42. The van der Waals surface area contributed by atoms with Gasteiger partial charge in [-0.2, -0.15) is 0 Å². The van der Waals surface area contributed by atoms with E-state index >= 15 is 0 Å². The summed E-state index contributed by atoms with van der Waals surface area (Å²) >= 11 is 0. The smallest absolute Gasteiger partial charge is 0.410 e. The van der Waals surface area contributed by atoms with Crippen LogP contribution in [0.5, 0.6) is 0 Å². The molecule has 144 valence electrons. The van der Waals surface area contributed by atoms with Crippen molar-refractivity contribution in [2.45, 2.75) is 52.0 Å². The molecule has 1 aliphatic heterocycles. The molecule has 0 aromatic heterocycles. The standard InChI is InChI=1S/C19H29N3O4/c1-14(20)16-12-21(17(23)26-19(2,3)4)10-11-22(16)18(24)25-13-15-8-6-5-7-9-15/h5-9,14,16H,10-13,20H2,1-4H3. The summed E-state index contributed by atoms with van der Waals surface area (Å²) in [6.07, 6.45) is -0.805. The Morgan fingerprint density at radius 3 is 2.42 bits per heavy atom. The largest absolute Gasteiger partial charge is 0.445 e. The first-order valence-electron chi connectivity index (χ1n) is 8.88. The Bertz CT molecular complexity index is 613. The molecule has 2 amide bonds. The molecule has 2 N–H and O–H groups in total. The van der Waals surface area contributed by atoms with Gasteiger partial charge in [0.1, 0.15) is 12.2 Å². The maximum Gasteiger partial charge on any atom is 0.410 e. The molecule has 7 heteroatoms. The van der Waals surface area contributed by atoms with E-state index in [1.54, 1.807) is 9.80 Å². The highest BCUT2D eigenvalue weighted by molar-refractivity contribution is 5.71. The normalized spacial score (nSPS) is 19.0. The quantitative estimate of drug-likeness (QED) is 0.892. The Kier molecular flexibility index (Phi) is 6.47. The first kappa shape index (κ1) is 20.0. The highest BCUT2D eigenvalue weighted by atomic mass is 16.6. The zero-order valence-corrected chi connectivity index (χ0v) is 16.0. The summed E-state index contributed by atoms with van der Waals surface area (Å²) < 4.78 is 10.8. The van der Waals surface area contributed by atoms with Gasteiger partial charge in [-0.1, -0.05) is 30.3 Å². The average Bonchev–Trinajstić information content (AvgIpc) is 2.58. The summed E-state index contributed by atoms with van der Waals surface area (Å²) in [5.74, 6) is 0. The molecule has 0 radical (unpaired) electrons. The van der Waals surface area contributed by atoms with Crippen molar-refractivity contribution in [2.75, 3.05) is 19.6 Å². The molecule has 1 heterocycles. The van der Waals surface area contributed by atoms with Crippen LogP contribution in [-0.2, 0) is 16.1 Å². The van der Waals surface area contributed by atoms with Gasteiger partial charge >= 0.3 is 12.2 Å². The lowest BCUT2D eigenvalue weighted by molar-refractivity contribution is -0.00131. The molecule has 0 spiro atoms. The van der Waals surface area contributed by atoms with Crippen molar-refractivity contribution in [3.05, 3.63) is 35.9 Å². The number of amides is 2. The third kappa shape index (κ3) is 5.62. The molecule has 2 atom stereocenters. The van der Waals surface area contributed by atoms with E-state index in [9.17, 15) is 9.59 Å². The summed E-state index contributed by atoms with van der Waals surface area (Å²) in [5, 5.41) is 0. The molecule has 2 unspecified atom stereocenters. The lowest BCUT2D eigenvalue weighted by atomic mass is 10.1. The molecule has 26 heavy (non-hydrogen) atoms. The van der Waals surface area contributed by atoms with E-state index in [1.807, 2.05) is 58.0 Å². The number of rotatable bonds is 3. The average molecular weight is 363 g/mol. The Labute approximate surface area is 155 Å². The molecule has 2 rings (SSSR count). The second kappa shape index (κ2) is 8.40. The first-order valence-corrected chi connectivity index (χ1v) is 8.88. The van der Waals surface area contributed by atoms with Crippen molar-refractivity contribution in [1.29, 1.82) is 0 Å². The highest BCUT2D eigenvalue weighted by Gasteiger charge is 2.36. The summed E-state index contributed by atoms with van der Waals surface area (Å²) in [7, 11) is 0. The van der Waals surface area contributed by atoms with E-state index in [-0.39, 0.29) is 24.8 Å². The van der Waals surface area contributed by atoms with Gasteiger partial charge in [0, 0.05) is 25.7 Å². The molecule has 1 aliphatic rings. The fourth-order valence-electron chi connectivity index (χ4n) is 2.78. The van der Waals surface area contributed by atoms with Crippen molar-refractivity contribution in [3.8, 4) is 0 Å². The third-order valence-electron chi connectivity index (χ3n) is 4.12. The van der Waals surface area contributed by atoms with Gasteiger partial charge in [0.05, 0.1) is 6.04 Å². The highest BCUT2D eigenvalue weighted by Crippen LogP contribution is 2.18. The summed E-state index contributed by atoms with van der Waals surface area (Å²) in [4.78, 5) is 28.0. The molecule has 7 nitrogen and oxygen atoms in total. The minimum atomic E-state index is -0.563. The van der Waals surface area contributed by atoms with Gasteiger partial charge < -0.3 is 25.0 Å². The van der Waals surface area contributed by atoms with Gasteiger partial charge in [-0.25, -0.2) is 9.59 Å². The number of carbonyl (C=O) groups is 2. The van der Waals surface area contributed by atoms with Crippen LogP contribution in [0.25, 0.3) is 0 Å². The van der Waals surface area contributed by atoms with Gasteiger partial charge in [-0.3, -0.25) is 0 Å². The van der Waals surface area contributed by atoms with Gasteiger partial charge in [0.15, 0.2) is 0 Å². The molecule has 0 saturated carbocycles. The van der Waals surface area contributed by atoms with Crippen LogP contribution in [0.15, 0.2) is 30.3 Å². The molecule has 0 aliphatic carbocycles. The fourth-order valence-corrected chi connectivity index (χ4v) is 2.78. The van der Waals surface area contributed by atoms with Crippen molar-refractivity contribution >= 4 is 12.2 Å². The molecule has 1 aromatic carbocycles. The van der Waals surface area contributed by atoms with Crippen molar-refractivity contribution in [2.24, 2.45) is 5.73 Å². The lowest BCUT2D eigenvalue weighted by Crippen LogP contribution is -2.62. The molecule has 1 saturated heterocycles. The molecule has 0 bridgehead atoms. The van der Waals surface area contributed by atoms with Gasteiger partial charge in [0.25, 0.3) is 0 Å². The van der Waals surface area contributed by atoms with E-state index in [1.165, 1.54) is 0 Å². The number of ether oxygens (including phenoxy) is 2. The number of nitrogens with zero attached hydrogens (tertiary/aromatic N) is 2. The van der Waals surface area contributed by atoms with Gasteiger partial charge in [-0.15, -0.1) is 0 Å². The minimum Gasteiger partial charge on any atom is -0.445 e. The number of nitrogens with two attached hydrogens (primary N) is 1. The Balaban J connectivity index is 1.97. The van der Waals surface area contributed by atoms with Gasteiger partial charge in [-0.05, 0) is 33.3 Å². The Hall–Kier alpha value is -2.28. The van der Waals surface area contributed by atoms with Crippen LogP contribution in [0.4, 0.5) is 9.59 Å². The van der Waals surface area contributed by atoms with Crippen molar-refractivity contribution in [1.82, 2.24) is 9.80 Å². The monoisotopic (exact) mass is 363 g/mol. The van der Waals surface area contributed by atoms with Crippen LogP contribution in [-0.4, -0.2) is 59.3 Å². The van der Waals surface area contributed by atoms with E-state index in [0.717, 1.165) is 5.56 Å². The topological polar surface area (TPSA) is 85.1 Å². The molecule has 1 aromatic rings. The maximum absolute atomic E-state index is 12.5. The SMILES string of the molecule is CC(N)C1CN(C(=O)OC(C)(C)C)CCN1C(=O)OCc1ccccc1. The van der Waals surface area contributed by atoms with Crippen molar-refractivity contribution < 1.29 is 19.1 Å². The number of carbonyl (C=O) groups excluding carboxylic acids is 2. The number of hydrogen-bond donors (Lipinski definition) is 1. The van der Waals surface area contributed by atoms with E-state index in [2.05, 4.69) is 0 Å². The molecule has 1 fully saturated rings. The number of piperazine rings is 1. The fraction of sp³-hybridized carbons (Fsp3) is 0.579. The predicted octanol–water partition coefficient (Wildman–Crippen LogP) is 2.59. The summed E-state index contributed by atoms with van der Waals surface area (Å²) in [6, 6.07) is 8.88. The third-order valence-corrected chi connectivity index (χ3v) is 4.12. The van der Waals surface area contributed by atoms with E-state index in [4.69, 9.17) is 15.2 Å². The van der Waals surface area contributed by atoms with E-state index in [0.29, 0.717) is 19.6 Å². The second-order valence-electron chi connectivity index (χ2n) is 7.59. The molecular formula is C19H29N3O4. The molecular weight excluding hydrogens is 334 g/mol. The minimum absolute atomic E-state index is 0.206. The zero-order chi connectivity index (χ0) is 19.3. The van der Waals surface area contributed by atoms with E-state index < -0.39 is 11.7 Å². The lowest BCUT2D eigenvalue weighted by Gasteiger charge is -2.42. The second-order valence-corrected chi connectivity index (χ2v) is 7.59. The number of hydrogen-bond acceptors (Lipinski definition) is 5. The van der Waals surface area contributed by atoms with Crippen LogP contribution >= 0.6 is 0 Å².